The molecule has 4 rings (SSSR count). The third-order valence-corrected chi connectivity index (χ3v) is 5.19. The Labute approximate surface area is 203 Å². The first-order chi connectivity index (χ1) is 17.1. The number of para-hydroxylation sites is 1. The highest BCUT2D eigenvalue weighted by atomic mass is 16.5. The van der Waals surface area contributed by atoms with Crippen LogP contribution >= 0.6 is 0 Å². The minimum atomic E-state index is -0.513. The quantitative estimate of drug-likeness (QED) is 0.275. The van der Waals surface area contributed by atoms with Crippen LogP contribution in [0.5, 0.6) is 11.5 Å². The molecule has 0 spiro atoms. The van der Waals surface area contributed by atoms with Crippen molar-refractivity contribution < 1.29 is 14.3 Å². The molecule has 0 aliphatic rings. The summed E-state index contributed by atoms with van der Waals surface area (Å²) in [5.41, 5.74) is 3.42. The minimum absolute atomic E-state index is 0.0457. The molecular formula is C28H24N4O3. The average Bonchev–Trinajstić information content (AvgIpc) is 3.33. The summed E-state index contributed by atoms with van der Waals surface area (Å²) in [5, 5.41) is 17.3. The van der Waals surface area contributed by atoms with Gasteiger partial charge in [-0.25, -0.2) is 4.68 Å². The number of carbonyl (C=O) groups is 1. The number of amides is 1. The monoisotopic (exact) mass is 464 g/mol. The second kappa shape index (κ2) is 10.9. The van der Waals surface area contributed by atoms with Crippen molar-refractivity contribution >= 4 is 17.7 Å². The SMILES string of the molecule is CCOc1ccc(NC(=O)/C(C#N)=C\c2cn(-c3ccccc3)nc2-c2cccc(OC)c2)cc1. The normalized spacial score (nSPS) is 10.9. The summed E-state index contributed by atoms with van der Waals surface area (Å²) in [6.07, 6.45) is 3.34. The third-order valence-electron chi connectivity index (χ3n) is 5.19. The van der Waals surface area contributed by atoms with E-state index in [2.05, 4.69) is 5.32 Å². The Hall–Kier alpha value is -4.83. The van der Waals surface area contributed by atoms with E-state index in [-0.39, 0.29) is 5.57 Å². The summed E-state index contributed by atoms with van der Waals surface area (Å²) in [7, 11) is 1.60. The van der Waals surface area contributed by atoms with Gasteiger partial charge >= 0.3 is 0 Å². The summed E-state index contributed by atoms with van der Waals surface area (Å²) in [6.45, 7) is 2.46. The van der Waals surface area contributed by atoms with Gasteiger partial charge in [-0.1, -0.05) is 30.3 Å². The van der Waals surface area contributed by atoms with Gasteiger partial charge in [0.05, 0.1) is 19.4 Å². The Morgan fingerprint density at radius 1 is 1.06 bits per heavy atom. The lowest BCUT2D eigenvalue weighted by atomic mass is 10.1. The second-order valence-corrected chi connectivity index (χ2v) is 7.53. The van der Waals surface area contributed by atoms with Crippen LogP contribution in [0.3, 0.4) is 0 Å². The van der Waals surface area contributed by atoms with Gasteiger partial charge < -0.3 is 14.8 Å². The van der Waals surface area contributed by atoms with E-state index in [4.69, 9.17) is 14.6 Å². The highest BCUT2D eigenvalue weighted by molar-refractivity contribution is 6.10. The Bertz CT molecular complexity index is 1380. The fourth-order valence-corrected chi connectivity index (χ4v) is 3.50. The van der Waals surface area contributed by atoms with Crippen molar-refractivity contribution in [2.45, 2.75) is 6.92 Å². The van der Waals surface area contributed by atoms with Crippen molar-refractivity contribution in [2.24, 2.45) is 0 Å². The smallest absolute Gasteiger partial charge is 0.266 e. The maximum absolute atomic E-state index is 12.9. The van der Waals surface area contributed by atoms with Crippen molar-refractivity contribution in [1.29, 1.82) is 5.26 Å². The van der Waals surface area contributed by atoms with Gasteiger partial charge in [-0.3, -0.25) is 4.79 Å². The van der Waals surface area contributed by atoms with Crippen LogP contribution in [0.4, 0.5) is 5.69 Å². The number of nitriles is 1. The molecule has 0 aliphatic carbocycles. The molecule has 0 saturated carbocycles. The Morgan fingerprint density at radius 3 is 2.51 bits per heavy atom. The molecule has 7 nitrogen and oxygen atoms in total. The highest BCUT2D eigenvalue weighted by Crippen LogP contribution is 2.28. The molecule has 174 valence electrons. The van der Waals surface area contributed by atoms with Crippen molar-refractivity contribution in [1.82, 2.24) is 9.78 Å². The van der Waals surface area contributed by atoms with E-state index in [1.165, 1.54) is 0 Å². The number of aromatic nitrogens is 2. The standard InChI is InChI=1S/C28H24N4O3/c1-3-35-25-14-12-23(13-15-25)30-28(33)21(18-29)16-22-19-32(24-9-5-4-6-10-24)31-27(22)20-8-7-11-26(17-20)34-2/h4-17,19H,3H2,1-2H3,(H,30,33)/b21-16-. The molecule has 3 aromatic carbocycles. The molecule has 0 radical (unpaired) electrons. The van der Waals surface area contributed by atoms with E-state index in [1.54, 1.807) is 48.3 Å². The van der Waals surface area contributed by atoms with Crippen LogP contribution in [0.1, 0.15) is 12.5 Å². The molecular weight excluding hydrogens is 440 g/mol. The zero-order valence-corrected chi connectivity index (χ0v) is 19.4. The van der Waals surface area contributed by atoms with Crippen LogP contribution in [-0.4, -0.2) is 29.4 Å². The van der Waals surface area contributed by atoms with E-state index in [1.807, 2.05) is 67.6 Å². The van der Waals surface area contributed by atoms with Crippen LogP contribution in [-0.2, 0) is 4.79 Å². The lowest BCUT2D eigenvalue weighted by molar-refractivity contribution is -0.112. The maximum atomic E-state index is 12.9. The summed E-state index contributed by atoms with van der Waals surface area (Å²) in [4.78, 5) is 12.9. The van der Waals surface area contributed by atoms with Crippen LogP contribution < -0.4 is 14.8 Å². The molecule has 1 N–H and O–H groups in total. The largest absolute Gasteiger partial charge is 0.497 e. The summed E-state index contributed by atoms with van der Waals surface area (Å²) in [6, 6.07) is 26.1. The molecule has 7 heteroatoms. The van der Waals surface area contributed by atoms with Crippen molar-refractivity contribution in [3.8, 4) is 34.5 Å². The first kappa shape index (κ1) is 23.3. The minimum Gasteiger partial charge on any atom is -0.497 e. The van der Waals surface area contributed by atoms with E-state index in [0.717, 1.165) is 11.3 Å². The van der Waals surface area contributed by atoms with Gasteiger partial charge in [0.25, 0.3) is 5.91 Å². The van der Waals surface area contributed by atoms with E-state index >= 15 is 0 Å². The predicted octanol–water partition coefficient (Wildman–Crippen LogP) is 5.49. The Morgan fingerprint density at radius 2 is 1.83 bits per heavy atom. The van der Waals surface area contributed by atoms with Gasteiger partial charge in [0.15, 0.2) is 0 Å². The molecule has 0 atom stereocenters. The van der Waals surface area contributed by atoms with Crippen molar-refractivity contribution in [3.63, 3.8) is 0 Å². The molecule has 35 heavy (non-hydrogen) atoms. The number of hydrogen-bond acceptors (Lipinski definition) is 5. The van der Waals surface area contributed by atoms with E-state index in [9.17, 15) is 10.1 Å². The van der Waals surface area contributed by atoms with Crippen LogP contribution in [0.25, 0.3) is 23.0 Å². The molecule has 1 heterocycles. The molecule has 1 aromatic heterocycles. The van der Waals surface area contributed by atoms with Gasteiger partial charge in [-0.05, 0) is 61.5 Å². The topological polar surface area (TPSA) is 89.2 Å². The average molecular weight is 465 g/mol. The zero-order chi connectivity index (χ0) is 24.6. The molecule has 0 aliphatic heterocycles. The number of nitrogens with zero attached hydrogens (tertiary/aromatic N) is 3. The Kier molecular flexibility index (Phi) is 7.24. The number of rotatable bonds is 8. The molecule has 0 saturated heterocycles. The fourth-order valence-electron chi connectivity index (χ4n) is 3.50. The van der Waals surface area contributed by atoms with E-state index in [0.29, 0.717) is 35.1 Å². The summed E-state index contributed by atoms with van der Waals surface area (Å²) < 4.78 is 12.5. The Balaban J connectivity index is 1.70. The lowest BCUT2D eigenvalue weighted by Gasteiger charge is -2.07. The van der Waals surface area contributed by atoms with Gasteiger partial charge in [0.1, 0.15) is 28.8 Å². The van der Waals surface area contributed by atoms with Gasteiger partial charge in [-0.2, -0.15) is 10.4 Å². The predicted molar refractivity (Wildman–Crippen MR) is 135 cm³/mol. The number of methoxy groups -OCH3 is 1. The number of hydrogen-bond donors (Lipinski definition) is 1. The number of ether oxygens (including phenoxy) is 2. The molecule has 1 amide bonds. The first-order valence-corrected chi connectivity index (χ1v) is 11.1. The van der Waals surface area contributed by atoms with Crippen molar-refractivity contribution in [3.05, 3.63) is 96.2 Å². The van der Waals surface area contributed by atoms with Gasteiger partial charge in [-0.15, -0.1) is 0 Å². The third kappa shape index (κ3) is 5.57. The fraction of sp³-hybridized carbons (Fsp3) is 0.107. The van der Waals surface area contributed by atoms with Gasteiger partial charge in [0.2, 0.25) is 0 Å². The summed E-state index contributed by atoms with van der Waals surface area (Å²) in [5.74, 6) is 0.874. The van der Waals surface area contributed by atoms with Crippen molar-refractivity contribution in [2.75, 3.05) is 19.0 Å². The highest BCUT2D eigenvalue weighted by Gasteiger charge is 2.16. The molecule has 0 fully saturated rings. The maximum Gasteiger partial charge on any atom is 0.266 e. The molecule has 4 aromatic rings. The number of anilines is 1. The van der Waals surface area contributed by atoms with Gasteiger partial charge in [0, 0.05) is 23.0 Å². The van der Waals surface area contributed by atoms with Crippen LogP contribution in [0.2, 0.25) is 0 Å². The zero-order valence-electron chi connectivity index (χ0n) is 19.4. The van der Waals surface area contributed by atoms with Crippen LogP contribution in [0.15, 0.2) is 90.6 Å². The lowest BCUT2D eigenvalue weighted by Crippen LogP contribution is -2.13. The molecule has 0 unspecified atom stereocenters. The molecule has 0 bridgehead atoms. The number of benzene rings is 3. The number of nitrogens with one attached hydrogen (secondary N) is 1. The number of carbonyl (C=O) groups excluding carboxylic acids is 1. The first-order valence-electron chi connectivity index (χ1n) is 11.1. The van der Waals surface area contributed by atoms with Crippen LogP contribution in [0, 0.1) is 11.3 Å². The second-order valence-electron chi connectivity index (χ2n) is 7.53. The van der Waals surface area contributed by atoms with E-state index < -0.39 is 5.91 Å². The summed E-state index contributed by atoms with van der Waals surface area (Å²) >= 11 is 0.